The van der Waals surface area contributed by atoms with Gasteiger partial charge in [-0.2, -0.15) is 0 Å². The van der Waals surface area contributed by atoms with E-state index in [-0.39, 0.29) is 12.3 Å². The highest BCUT2D eigenvalue weighted by Gasteiger charge is 2.10. The summed E-state index contributed by atoms with van der Waals surface area (Å²) in [4.78, 5) is 11.9. The minimum atomic E-state index is -0.176. The largest absolute Gasteiger partial charge is 0.300 e. The van der Waals surface area contributed by atoms with Crippen LogP contribution in [0, 0.1) is 0 Å². The first-order chi connectivity index (χ1) is 10.1. The minimum Gasteiger partial charge on any atom is -0.300 e. The van der Waals surface area contributed by atoms with Crippen LogP contribution in [0.25, 0.3) is 0 Å². The van der Waals surface area contributed by atoms with E-state index in [1.807, 2.05) is 0 Å². The fourth-order valence-corrected chi connectivity index (χ4v) is 3.30. The Hall–Kier alpha value is -1.08. The van der Waals surface area contributed by atoms with Crippen LogP contribution >= 0.6 is 46.3 Å². The Morgan fingerprint density at radius 3 is 2.90 bits per heavy atom. The Balaban J connectivity index is 1.93. The third-order valence-corrected chi connectivity index (χ3v) is 5.03. The number of carbonyl (C=O) groups excluding carboxylic acids is 1. The van der Waals surface area contributed by atoms with E-state index in [0.717, 1.165) is 15.7 Å². The number of aromatic nitrogens is 2. The first-order valence-electron chi connectivity index (χ1n) is 5.89. The molecule has 4 nitrogen and oxygen atoms in total. The van der Waals surface area contributed by atoms with E-state index in [1.165, 1.54) is 23.1 Å². The topological polar surface area (TPSA) is 54.9 Å². The molecule has 0 aliphatic carbocycles. The van der Waals surface area contributed by atoms with Crippen LogP contribution in [-0.2, 0) is 11.2 Å². The average molecular weight is 360 g/mol. The predicted octanol–water partition coefficient (Wildman–Crippen LogP) is 4.30. The molecule has 1 heterocycles. The van der Waals surface area contributed by atoms with Gasteiger partial charge in [0.1, 0.15) is 0 Å². The summed E-state index contributed by atoms with van der Waals surface area (Å²) in [5, 5.41) is 12.0. The molecule has 1 amide bonds. The number of amides is 1. The number of benzene rings is 1. The number of nitrogens with zero attached hydrogens (tertiary/aromatic N) is 2. The monoisotopic (exact) mass is 359 g/mol. The molecule has 0 fully saturated rings. The highest BCUT2D eigenvalue weighted by atomic mass is 35.5. The third-order valence-electron chi connectivity index (χ3n) is 2.33. The molecule has 110 valence electrons. The first-order valence-corrected chi connectivity index (χ1v) is 8.45. The van der Waals surface area contributed by atoms with Crippen molar-refractivity contribution in [2.75, 3.05) is 11.1 Å². The van der Waals surface area contributed by atoms with Crippen LogP contribution in [0.15, 0.2) is 35.2 Å². The van der Waals surface area contributed by atoms with E-state index >= 15 is 0 Å². The van der Waals surface area contributed by atoms with E-state index < -0.39 is 0 Å². The van der Waals surface area contributed by atoms with Gasteiger partial charge in [0.25, 0.3) is 0 Å². The molecule has 1 aromatic carbocycles. The molecule has 0 bridgehead atoms. The molecule has 0 spiro atoms. The van der Waals surface area contributed by atoms with Crippen LogP contribution < -0.4 is 5.32 Å². The van der Waals surface area contributed by atoms with Crippen molar-refractivity contribution in [3.63, 3.8) is 0 Å². The Labute approximate surface area is 140 Å². The molecule has 2 rings (SSSR count). The number of thioether (sulfide) groups is 1. The summed E-state index contributed by atoms with van der Waals surface area (Å²) >= 11 is 14.6. The highest BCUT2D eigenvalue weighted by molar-refractivity contribution is 8.01. The van der Waals surface area contributed by atoms with Crippen molar-refractivity contribution in [2.24, 2.45) is 0 Å². The summed E-state index contributed by atoms with van der Waals surface area (Å²) in [6, 6.07) is 5.11. The normalized spacial score (nSPS) is 10.4. The number of hydrogen-bond donors (Lipinski definition) is 1. The molecular weight excluding hydrogens is 349 g/mol. The molecule has 0 atom stereocenters. The average Bonchev–Trinajstić information content (AvgIpc) is 2.88. The number of nitrogens with one attached hydrogen (secondary N) is 1. The lowest BCUT2D eigenvalue weighted by molar-refractivity contribution is -0.115. The van der Waals surface area contributed by atoms with Gasteiger partial charge < -0.3 is 5.32 Å². The first kappa shape index (κ1) is 16.3. The lowest BCUT2D eigenvalue weighted by atomic mass is 10.1. The smallest absolute Gasteiger partial charge is 0.230 e. The molecule has 2 aromatic rings. The number of anilines is 1. The van der Waals surface area contributed by atoms with Crippen molar-refractivity contribution in [2.45, 2.75) is 10.8 Å². The second-order valence-electron chi connectivity index (χ2n) is 3.95. The molecule has 0 aliphatic rings. The van der Waals surface area contributed by atoms with Crippen molar-refractivity contribution in [1.82, 2.24) is 10.2 Å². The summed E-state index contributed by atoms with van der Waals surface area (Å²) in [5.41, 5.74) is 0.785. The predicted molar refractivity (Wildman–Crippen MR) is 89.6 cm³/mol. The molecular formula is C13H11Cl2N3OS2. The Kier molecular flexibility index (Phi) is 6.05. The van der Waals surface area contributed by atoms with E-state index in [9.17, 15) is 4.79 Å². The zero-order valence-corrected chi connectivity index (χ0v) is 14.0. The summed E-state index contributed by atoms with van der Waals surface area (Å²) in [6.07, 6.45) is 1.99. The van der Waals surface area contributed by atoms with Crippen molar-refractivity contribution in [1.29, 1.82) is 0 Å². The molecule has 21 heavy (non-hydrogen) atoms. The SMILES string of the molecule is C=CCSc1nnc(NC(=O)Cc2ccc(Cl)c(Cl)c2)s1. The second-order valence-corrected chi connectivity index (χ2v) is 7.01. The lowest BCUT2D eigenvalue weighted by Crippen LogP contribution is -2.14. The van der Waals surface area contributed by atoms with E-state index in [4.69, 9.17) is 23.2 Å². The van der Waals surface area contributed by atoms with Gasteiger partial charge in [-0.25, -0.2) is 0 Å². The highest BCUT2D eigenvalue weighted by Crippen LogP contribution is 2.26. The summed E-state index contributed by atoms with van der Waals surface area (Å²) < 4.78 is 0.791. The molecule has 8 heteroatoms. The van der Waals surface area contributed by atoms with Crippen LogP contribution in [-0.4, -0.2) is 21.9 Å². The number of rotatable bonds is 6. The van der Waals surface area contributed by atoms with Crippen LogP contribution in [0.3, 0.4) is 0 Å². The van der Waals surface area contributed by atoms with E-state index in [0.29, 0.717) is 15.2 Å². The maximum atomic E-state index is 11.9. The fraction of sp³-hybridized carbons (Fsp3) is 0.154. The van der Waals surface area contributed by atoms with Gasteiger partial charge >= 0.3 is 0 Å². The van der Waals surface area contributed by atoms with Gasteiger partial charge in [0.2, 0.25) is 11.0 Å². The number of halogens is 2. The van der Waals surface area contributed by atoms with Gasteiger partial charge in [0.05, 0.1) is 16.5 Å². The molecule has 1 N–H and O–H groups in total. The quantitative estimate of drug-likeness (QED) is 0.474. The van der Waals surface area contributed by atoms with Crippen LogP contribution in [0.1, 0.15) is 5.56 Å². The van der Waals surface area contributed by atoms with Gasteiger partial charge in [0.15, 0.2) is 4.34 Å². The van der Waals surface area contributed by atoms with E-state index in [1.54, 1.807) is 24.3 Å². The Morgan fingerprint density at radius 2 is 2.19 bits per heavy atom. The van der Waals surface area contributed by atoms with Gasteiger partial charge in [-0.05, 0) is 17.7 Å². The molecule has 0 unspecified atom stereocenters. The van der Waals surface area contributed by atoms with E-state index in [2.05, 4.69) is 22.1 Å². The summed E-state index contributed by atoms with van der Waals surface area (Å²) in [5.74, 6) is 0.580. The maximum absolute atomic E-state index is 11.9. The Bertz CT molecular complexity index is 661. The zero-order valence-electron chi connectivity index (χ0n) is 10.8. The van der Waals surface area contributed by atoms with Gasteiger partial charge in [-0.15, -0.1) is 16.8 Å². The molecule has 0 saturated carbocycles. The summed E-state index contributed by atoms with van der Waals surface area (Å²) in [7, 11) is 0. The van der Waals surface area contributed by atoms with Gasteiger partial charge in [0, 0.05) is 5.75 Å². The van der Waals surface area contributed by atoms with Crippen molar-refractivity contribution in [3.05, 3.63) is 46.5 Å². The Morgan fingerprint density at radius 1 is 1.38 bits per heavy atom. The third kappa shape index (κ3) is 5.00. The van der Waals surface area contributed by atoms with Gasteiger partial charge in [-0.1, -0.05) is 58.4 Å². The zero-order chi connectivity index (χ0) is 15.2. The van der Waals surface area contributed by atoms with Crippen molar-refractivity contribution >= 4 is 57.3 Å². The van der Waals surface area contributed by atoms with Crippen LogP contribution in [0.4, 0.5) is 5.13 Å². The minimum absolute atomic E-state index is 0.176. The van der Waals surface area contributed by atoms with Gasteiger partial charge in [-0.3, -0.25) is 4.79 Å². The number of hydrogen-bond acceptors (Lipinski definition) is 5. The van der Waals surface area contributed by atoms with Crippen LogP contribution in [0.5, 0.6) is 0 Å². The molecule has 1 aromatic heterocycles. The second kappa shape index (κ2) is 7.79. The lowest BCUT2D eigenvalue weighted by Gasteiger charge is -2.03. The maximum Gasteiger partial charge on any atom is 0.230 e. The molecule has 0 radical (unpaired) electrons. The summed E-state index contributed by atoms with van der Waals surface area (Å²) in [6.45, 7) is 3.64. The van der Waals surface area contributed by atoms with Crippen LogP contribution in [0.2, 0.25) is 10.0 Å². The van der Waals surface area contributed by atoms with Crippen molar-refractivity contribution < 1.29 is 4.79 Å². The standard InChI is InChI=1S/C13H11Cl2N3OS2/c1-2-5-20-13-18-17-12(21-13)16-11(19)7-8-3-4-9(14)10(15)6-8/h2-4,6H,1,5,7H2,(H,16,17,19). The molecule has 0 saturated heterocycles. The van der Waals surface area contributed by atoms with Crippen molar-refractivity contribution in [3.8, 4) is 0 Å². The fourth-order valence-electron chi connectivity index (χ4n) is 1.45. The number of carbonyl (C=O) groups is 1. The molecule has 0 aliphatic heterocycles.